The molecule has 2 amide bonds. The van der Waals surface area contributed by atoms with E-state index in [2.05, 4.69) is 10.2 Å². The number of aryl methyl sites for hydroxylation is 1. The highest BCUT2D eigenvalue weighted by Crippen LogP contribution is 2.27. The maximum absolute atomic E-state index is 13.3. The first-order chi connectivity index (χ1) is 12.5. The van der Waals surface area contributed by atoms with Gasteiger partial charge in [0.05, 0.1) is 12.8 Å². The first kappa shape index (κ1) is 18.3. The number of hydrogen-bond acceptors (Lipinski definition) is 3. The van der Waals surface area contributed by atoms with Crippen LogP contribution in [0.2, 0.25) is 5.02 Å². The van der Waals surface area contributed by atoms with Gasteiger partial charge in [0.2, 0.25) is 0 Å². The molecule has 0 unspecified atom stereocenters. The highest BCUT2D eigenvalue weighted by Gasteiger charge is 2.23. The van der Waals surface area contributed by atoms with E-state index in [1.807, 2.05) is 25.1 Å². The Morgan fingerprint density at radius 2 is 1.88 bits per heavy atom. The summed E-state index contributed by atoms with van der Waals surface area (Å²) in [6.07, 6.45) is 0. The fraction of sp³-hybridized carbons (Fsp3) is 0.316. The van der Waals surface area contributed by atoms with E-state index in [0.29, 0.717) is 29.5 Å². The van der Waals surface area contributed by atoms with Crippen molar-refractivity contribution in [2.24, 2.45) is 0 Å². The van der Waals surface area contributed by atoms with E-state index in [9.17, 15) is 9.18 Å². The van der Waals surface area contributed by atoms with Gasteiger partial charge in [0.1, 0.15) is 11.6 Å². The van der Waals surface area contributed by atoms with E-state index >= 15 is 0 Å². The zero-order chi connectivity index (χ0) is 18.7. The minimum atomic E-state index is -0.412. The predicted octanol–water partition coefficient (Wildman–Crippen LogP) is 4.15. The Morgan fingerprint density at radius 1 is 1.15 bits per heavy atom. The monoisotopic (exact) mass is 377 g/mol. The van der Waals surface area contributed by atoms with Gasteiger partial charge >= 0.3 is 6.03 Å². The van der Waals surface area contributed by atoms with E-state index < -0.39 is 5.82 Å². The quantitative estimate of drug-likeness (QED) is 0.873. The third-order valence-corrected chi connectivity index (χ3v) is 4.72. The van der Waals surface area contributed by atoms with Crippen molar-refractivity contribution in [1.82, 2.24) is 4.90 Å². The Labute approximate surface area is 157 Å². The summed E-state index contributed by atoms with van der Waals surface area (Å²) in [6.45, 7) is 4.65. The van der Waals surface area contributed by atoms with Crippen molar-refractivity contribution < 1.29 is 13.9 Å². The lowest BCUT2D eigenvalue weighted by Gasteiger charge is -2.36. The fourth-order valence-electron chi connectivity index (χ4n) is 3.04. The summed E-state index contributed by atoms with van der Waals surface area (Å²) in [6, 6.07) is 9.64. The average Bonchev–Trinajstić information content (AvgIpc) is 2.65. The van der Waals surface area contributed by atoms with Crippen LogP contribution in [0, 0.1) is 12.7 Å². The summed E-state index contributed by atoms with van der Waals surface area (Å²) < 4.78 is 18.4. The van der Waals surface area contributed by atoms with Gasteiger partial charge in [-0.25, -0.2) is 9.18 Å². The molecule has 138 valence electrons. The second-order valence-electron chi connectivity index (χ2n) is 6.18. The van der Waals surface area contributed by atoms with Crippen molar-refractivity contribution in [3.05, 3.63) is 52.8 Å². The molecule has 0 radical (unpaired) electrons. The van der Waals surface area contributed by atoms with Crippen LogP contribution in [0.5, 0.6) is 5.75 Å². The molecular formula is C19H21ClFN3O2. The van der Waals surface area contributed by atoms with Crippen molar-refractivity contribution in [3.8, 4) is 5.75 Å². The van der Waals surface area contributed by atoms with Gasteiger partial charge in [0, 0.05) is 43.0 Å². The number of methoxy groups -OCH3 is 1. The molecule has 5 nitrogen and oxygen atoms in total. The SMILES string of the molecule is COc1cc(F)ccc1NC(=O)N1CCN(c2cc(Cl)ccc2C)CC1. The third kappa shape index (κ3) is 4.02. The highest BCUT2D eigenvalue weighted by atomic mass is 35.5. The van der Waals surface area contributed by atoms with Gasteiger partial charge in [-0.15, -0.1) is 0 Å². The van der Waals surface area contributed by atoms with Crippen LogP contribution >= 0.6 is 11.6 Å². The molecule has 26 heavy (non-hydrogen) atoms. The van der Waals surface area contributed by atoms with Gasteiger partial charge in [0.25, 0.3) is 0 Å². The Balaban J connectivity index is 1.63. The Kier molecular flexibility index (Phi) is 5.52. The number of anilines is 2. The molecule has 0 bridgehead atoms. The number of carbonyl (C=O) groups is 1. The number of carbonyl (C=O) groups excluding carboxylic acids is 1. The first-order valence-corrected chi connectivity index (χ1v) is 8.76. The molecule has 0 aliphatic carbocycles. The first-order valence-electron chi connectivity index (χ1n) is 8.38. The highest BCUT2D eigenvalue weighted by molar-refractivity contribution is 6.30. The van der Waals surface area contributed by atoms with Crippen LogP contribution in [0.25, 0.3) is 0 Å². The summed E-state index contributed by atoms with van der Waals surface area (Å²) >= 11 is 6.11. The second-order valence-corrected chi connectivity index (χ2v) is 6.62. The molecule has 0 spiro atoms. The zero-order valence-corrected chi connectivity index (χ0v) is 15.5. The third-order valence-electron chi connectivity index (χ3n) is 4.48. The fourth-order valence-corrected chi connectivity index (χ4v) is 3.20. The van der Waals surface area contributed by atoms with Crippen molar-refractivity contribution >= 4 is 29.0 Å². The number of hydrogen-bond donors (Lipinski definition) is 1. The minimum absolute atomic E-state index is 0.225. The van der Waals surface area contributed by atoms with E-state index in [1.165, 1.54) is 25.3 Å². The molecule has 1 fully saturated rings. The Morgan fingerprint density at radius 3 is 2.58 bits per heavy atom. The lowest BCUT2D eigenvalue weighted by molar-refractivity contribution is 0.208. The zero-order valence-electron chi connectivity index (χ0n) is 14.8. The number of nitrogens with zero attached hydrogens (tertiary/aromatic N) is 2. The second kappa shape index (κ2) is 7.83. The van der Waals surface area contributed by atoms with Crippen LogP contribution in [0.1, 0.15) is 5.56 Å². The number of urea groups is 1. The predicted molar refractivity (Wildman–Crippen MR) is 102 cm³/mol. The number of benzene rings is 2. The maximum Gasteiger partial charge on any atom is 0.322 e. The summed E-state index contributed by atoms with van der Waals surface area (Å²) in [5.74, 6) is -0.114. The maximum atomic E-state index is 13.3. The number of ether oxygens (including phenoxy) is 1. The molecule has 0 aromatic heterocycles. The standard InChI is InChI=1S/C19H21ClFN3O2/c1-13-3-4-14(20)11-17(13)23-7-9-24(10-8-23)19(25)22-16-6-5-15(21)12-18(16)26-2/h3-6,11-12H,7-10H2,1-2H3,(H,22,25). The lowest BCUT2D eigenvalue weighted by Crippen LogP contribution is -2.50. The summed E-state index contributed by atoms with van der Waals surface area (Å²) in [7, 11) is 1.44. The molecule has 0 atom stereocenters. The lowest BCUT2D eigenvalue weighted by atomic mass is 10.1. The van der Waals surface area contributed by atoms with Gasteiger partial charge in [0.15, 0.2) is 0 Å². The normalized spacial score (nSPS) is 14.3. The molecular weight excluding hydrogens is 357 g/mol. The Hall–Kier alpha value is -2.47. The number of amides is 2. The number of nitrogens with one attached hydrogen (secondary N) is 1. The molecule has 1 N–H and O–H groups in total. The summed E-state index contributed by atoms with van der Waals surface area (Å²) in [4.78, 5) is 16.5. The molecule has 2 aromatic rings. The van der Waals surface area contributed by atoms with Crippen molar-refractivity contribution in [2.75, 3.05) is 43.5 Å². The largest absolute Gasteiger partial charge is 0.494 e. The number of halogens is 2. The molecule has 1 aliphatic heterocycles. The van der Waals surface area contributed by atoms with Crippen LogP contribution < -0.4 is 15.0 Å². The summed E-state index contributed by atoms with van der Waals surface area (Å²) in [5.41, 5.74) is 2.70. The molecule has 0 saturated carbocycles. The van der Waals surface area contributed by atoms with Crippen LogP contribution in [-0.2, 0) is 0 Å². The number of rotatable bonds is 3. The van der Waals surface area contributed by atoms with Crippen molar-refractivity contribution in [1.29, 1.82) is 0 Å². The van der Waals surface area contributed by atoms with Gasteiger partial charge in [-0.05, 0) is 36.8 Å². The van der Waals surface area contributed by atoms with Crippen LogP contribution in [0.15, 0.2) is 36.4 Å². The topological polar surface area (TPSA) is 44.8 Å². The molecule has 1 aliphatic rings. The molecule has 2 aromatic carbocycles. The van der Waals surface area contributed by atoms with Gasteiger partial charge in [-0.3, -0.25) is 0 Å². The molecule has 1 saturated heterocycles. The van der Waals surface area contributed by atoms with Gasteiger partial charge in [-0.2, -0.15) is 0 Å². The van der Waals surface area contributed by atoms with E-state index in [-0.39, 0.29) is 6.03 Å². The van der Waals surface area contributed by atoms with E-state index in [1.54, 1.807) is 4.90 Å². The summed E-state index contributed by atoms with van der Waals surface area (Å²) in [5, 5.41) is 3.49. The smallest absolute Gasteiger partial charge is 0.322 e. The Bertz CT molecular complexity index is 807. The molecule has 7 heteroatoms. The van der Waals surface area contributed by atoms with Crippen LogP contribution in [-0.4, -0.2) is 44.2 Å². The van der Waals surface area contributed by atoms with Crippen molar-refractivity contribution in [3.63, 3.8) is 0 Å². The molecule has 1 heterocycles. The minimum Gasteiger partial charge on any atom is -0.494 e. The average molecular weight is 378 g/mol. The van der Waals surface area contributed by atoms with Crippen molar-refractivity contribution in [2.45, 2.75) is 6.92 Å². The van der Waals surface area contributed by atoms with E-state index in [0.717, 1.165) is 24.3 Å². The van der Waals surface area contributed by atoms with E-state index in [4.69, 9.17) is 16.3 Å². The van der Waals surface area contributed by atoms with Gasteiger partial charge < -0.3 is 19.9 Å². The van der Waals surface area contributed by atoms with Crippen LogP contribution in [0.4, 0.5) is 20.6 Å². The number of piperazine rings is 1. The molecule has 3 rings (SSSR count). The van der Waals surface area contributed by atoms with Gasteiger partial charge in [-0.1, -0.05) is 17.7 Å². The van der Waals surface area contributed by atoms with Crippen LogP contribution in [0.3, 0.4) is 0 Å².